The van der Waals surface area contributed by atoms with Crippen LogP contribution in [0, 0.1) is 0 Å². The Morgan fingerprint density at radius 2 is 2.00 bits per heavy atom. The van der Waals surface area contributed by atoms with Crippen molar-refractivity contribution in [2.75, 3.05) is 13.2 Å². The smallest absolute Gasteiger partial charge is 0.359 e. The molecule has 1 aromatic carbocycles. The Bertz CT molecular complexity index is 525. The van der Waals surface area contributed by atoms with Gasteiger partial charge in [0.1, 0.15) is 5.75 Å². The summed E-state index contributed by atoms with van der Waals surface area (Å²) in [7, 11) is -3.83. The molecule has 0 saturated carbocycles. The van der Waals surface area contributed by atoms with Gasteiger partial charge in [-0.25, -0.2) is 0 Å². The molecule has 116 valence electrons. The largest absolute Gasteiger partial charge is 0.494 e. The van der Waals surface area contributed by atoms with Crippen LogP contribution in [0.5, 0.6) is 5.75 Å². The fraction of sp³-hybridized carbons (Fsp3) is 0.375. The second-order valence-electron chi connectivity index (χ2n) is 4.48. The highest BCUT2D eigenvalue weighted by Crippen LogP contribution is 2.42. The molecule has 4 nitrogen and oxygen atoms in total. The maximum Gasteiger partial charge on any atom is 0.359 e. The van der Waals surface area contributed by atoms with Crippen molar-refractivity contribution in [1.82, 2.24) is 0 Å². The summed E-state index contributed by atoms with van der Waals surface area (Å²) < 4.78 is 23.0. The molecule has 0 fully saturated rings. The molecule has 0 heterocycles. The zero-order valence-corrected chi connectivity index (χ0v) is 13.4. The van der Waals surface area contributed by atoms with Gasteiger partial charge in [0.05, 0.1) is 18.5 Å². The molecule has 5 heteroatoms. The lowest BCUT2D eigenvalue weighted by Gasteiger charge is -2.16. The molecule has 1 aromatic rings. The third-order valence-corrected chi connectivity index (χ3v) is 4.45. The number of hydrogen-bond acceptors (Lipinski definition) is 3. The molecule has 0 spiro atoms. The van der Waals surface area contributed by atoms with Crippen LogP contribution < -0.4 is 10.0 Å². The summed E-state index contributed by atoms with van der Waals surface area (Å²) >= 11 is 0. The third-order valence-electron chi connectivity index (χ3n) is 2.87. The molecule has 1 N–H and O–H groups in total. The van der Waals surface area contributed by atoms with Gasteiger partial charge < -0.3 is 14.2 Å². The fourth-order valence-electron chi connectivity index (χ4n) is 1.88. The highest BCUT2D eigenvalue weighted by atomic mass is 31.2. The first-order chi connectivity index (χ1) is 10.0. The maximum absolute atomic E-state index is 12.4. The first-order valence-electron chi connectivity index (χ1n) is 7.00. The quantitative estimate of drug-likeness (QED) is 0.407. The molecular weight excluding hydrogens is 287 g/mol. The van der Waals surface area contributed by atoms with Crippen molar-refractivity contribution in [2.45, 2.75) is 26.2 Å². The minimum Gasteiger partial charge on any atom is -0.494 e. The predicted molar refractivity (Wildman–Crippen MR) is 86.4 cm³/mol. The predicted octanol–water partition coefficient (Wildman–Crippen LogP) is 3.61. The number of ether oxygens (including phenoxy) is 1. The third kappa shape index (κ3) is 5.50. The average Bonchev–Trinajstić information content (AvgIpc) is 2.45. The summed E-state index contributed by atoms with van der Waals surface area (Å²) in [6.45, 7) is 9.86. The van der Waals surface area contributed by atoms with E-state index in [1.165, 1.54) is 0 Å². The van der Waals surface area contributed by atoms with Crippen LogP contribution >= 0.6 is 7.60 Å². The lowest BCUT2D eigenvalue weighted by molar-refractivity contribution is 0.274. The molecule has 0 aromatic heterocycles. The van der Waals surface area contributed by atoms with E-state index < -0.39 is 7.60 Å². The van der Waals surface area contributed by atoms with Crippen molar-refractivity contribution in [2.24, 2.45) is 0 Å². The number of allylic oxidation sites excluding steroid dienone is 1. The van der Waals surface area contributed by atoms with E-state index in [1.807, 2.05) is 6.92 Å². The van der Waals surface area contributed by atoms with E-state index in [4.69, 9.17) is 9.26 Å². The van der Waals surface area contributed by atoms with Crippen LogP contribution in [-0.2, 0) is 15.5 Å². The van der Waals surface area contributed by atoms with Gasteiger partial charge in [-0.05, 0) is 49.9 Å². The van der Waals surface area contributed by atoms with Crippen LogP contribution in [0.25, 0.3) is 0 Å². The van der Waals surface area contributed by atoms with Crippen LogP contribution in [0.4, 0.5) is 0 Å². The molecule has 0 saturated heterocycles. The van der Waals surface area contributed by atoms with Crippen LogP contribution in [0.3, 0.4) is 0 Å². The van der Waals surface area contributed by atoms with Gasteiger partial charge in [0.25, 0.3) is 0 Å². The summed E-state index contributed by atoms with van der Waals surface area (Å²) in [5.41, 5.74) is 0.755. The maximum atomic E-state index is 12.4. The van der Waals surface area contributed by atoms with E-state index in [2.05, 4.69) is 13.2 Å². The monoisotopic (exact) mass is 310 g/mol. The van der Waals surface area contributed by atoms with Gasteiger partial charge in [-0.3, -0.25) is 4.57 Å². The first kappa shape index (κ1) is 17.7. The molecule has 21 heavy (non-hydrogen) atoms. The van der Waals surface area contributed by atoms with E-state index in [1.54, 1.807) is 30.4 Å². The molecule has 1 rings (SSSR count). The van der Waals surface area contributed by atoms with E-state index >= 15 is 0 Å². The second kappa shape index (κ2) is 8.83. The first-order valence-corrected chi connectivity index (χ1v) is 8.58. The van der Waals surface area contributed by atoms with E-state index in [0.29, 0.717) is 30.5 Å². The van der Waals surface area contributed by atoms with Crippen molar-refractivity contribution in [1.29, 1.82) is 0 Å². The minimum absolute atomic E-state index is 0.172. The number of rotatable bonds is 10. The van der Waals surface area contributed by atoms with Crippen LogP contribution in [0.1, 0.15) is 25.3 Å². The molecule has 0 aliphatic heterocycles. The molecule has 0 aliphatic carbocycles. The zero-order valence-electron chi connectivity index (χ0n) is 12.5. The Morgan fingerprint density at radius 1 is 1.29 bits per heavy atom. The number of hydrogen-bond donors (Lipinski definition) is 1. The summed E-state index contributed by atoms with van der Waals surface area (Å²) in [6, 6.07) is 5.09. The van der Waals surface area contributed by atoms with Crippen molar-refractivity contribution in [3.8, 4) is 5.75 Å². The zero-order chi connectivity index (χ0) is 15.7. The van der Waals surface area contributed by atoms with E-state index in [0.717, 1.165) is 12.0 Å². The second-order valence-corrected chi connectivity index (χ2v) is 6.26. The van der Waals surface area contributed by atoms with Gasteiger partial charge in [-0.2, -0.15) is 0 Å². The Balaban J connectivity index is 3.04. The van der Waals surface area contributed by atoms with Crippen LogP contribution in [0.2, 0.25) is 0 Å². The topological polar surface area (TPSA) is 55.8 Å². The molecule has 0 amide bonds. The standard InChI is InChI=1S/C16H23O4P/c1-4-7-9-14-13-15(19-6-3)10-11-16(14)21(17,18)20-12-8-5-2/h4-5,10-11,13H,1-2,6-9,12H2,3H3,(H,17,18). The van der Waals surface area contributed by atoms with Gasteiger partial charge in [-0.1, -0.05) is 12.2 Å². The van der Waals surface area contributed by atoms with Gasteiger partial charge >= 0.3 is 7.60 Å². The summed E-state index contributed by atoms with van der Waals surface area (Å²) in [5.74, 6) is 0.686. The van der Waals surface area contributed by atoms with Crippen molar-refractivity contribution < 1.29 is 18.7 Å². The van der Waals surface area contributed by atoms with E-state index in [-0.39, 0.29) is 6.61 Å². The van der Waals surface area contributed by atoms with Crippen molar-refractivity contribution >= 4 is 12.9 Å². The summed E-state index contributed by atoms with van der Waals surface area (Å²) in [6.07, 6.45) is 5.29. The molecular formula is C16H23O4P. The van der Waals surface area contributed by atoms with Crippen LogP contribution in [-0.4, -0.2) is 18.1 Å². The molecule has 1 atom stereocenters. The van der Waals surface area contributed by atoms with Gasteiger partial charge in [0.15, 0.2) is 0 Å². The summed E-state index contributed by atoms with van der Waals surface area (Å²) in [5, 5.41) is 0.330. The highest BCUT2D eigenvalue weighted by Gasteiger charge is 2.25. The fourth-order valence-corrected chi connectivity index (χ4v) is 3.18. The van der Waals surface area contributed by atoms with Crippen LogP contribution in [0.15, 0.2) is 43.5 Å². The Morgan fingerprint density at radius 3 is 2.62 bits per heavy atom. The molecule has 1 unspecified atom stereocenters. The normalized spacial score (nSPS) is 13.4. The van der Waals surface area contributed by atoms with Crippen molar-refractivity contribution in [3.05, 3.63) is 49.1 Å². The average molecular weight is 310 g/mol. The minimum atomic E-state index is -3.83. The summed E-state index contributed by atoms with van der Waals surface area (Å²) in [4.78, 5) is 10.1. The van der Waals surface area contributed by atoms with Gasteiger partial charge in [0.2, 0.25) is 0 Å². The van der Waals surface area contributed by atoms with E-state index in [9.17, 15) is 9.46 Å². The Labute approximate surface area is 126 Å². The van der Waals surface area contributed by atoms with Gasteiger partial charge in [0, 0.05) is 0 Å². The Kier molecular flexibility index (Phi) is 7.44. The number of benzene rings is 1. The Hall–Kier alpha value is -1.35. The lowest BCUT2D eigenvalue weighted by atomic mass is 10.1. The lowest BCUT2D eigenvalue weighted by Crippen LogP contribution is -2.14. The SMILES string of the molecule is C=CCCOP(=O)(O)c1ccc(OCC)cc1CCC=C. The number of aryl methyl sites for hydroxylation is 1. The highest BCUT2D eigenvalue weighted by molar-refractivity contribution is 7.61. The molecule has 0 bridgehead atoms. The van der Waals surface area contributed by atoms with Gasteiger partial charge in [-0.15, -0.1) is 13.2 Å². The molecule has 0 radical (unpaired) electrons. The molecule has 0 aliphatic rings. The van der Waals surface area contributed by atoms with Crippen molar-refractivity contribution in [3.63, 3.8) is 0 Å².